The maximum absolute atomic E-state index is 11.8. The van der Waals surface area contributed by atoms with Crippen LogP contribution in [0.4, 0.5) is 0 Å². The third kappa shape index (κ3) is 2.63. The molecule has 2 aromatic heterocycles. The molecule has 0 aliphatic heterocycles. The Bertz CT molecular complexity index is 1100. The minimum atomic E-state index is -1.50. The van der Waals surface area contributed by atoms with Crippen LogP contribution in [0, 0.1) is 3.57 Å². The maximum atomic E-state index is 11.8. The lowest BCUT2D eigenvalue weighted by Crippen LogP contribution is -2.46. The van der Waals surface area contributed by atoms with E-state index in [0.29, 0.717) is 22.5 Å². The number of hydrogen-bond acceptors (Lipinski definition) is 6. The third-order valence-electron chi connectivity index (χ3n) is 4.45. The molecule has 6 nitrogen and oxygen atoms in total. The third-order valence-corrected chi connectivity index (χ3v) is 5.35. The zero-order valence-corrected chi connectivity index (χ0v) is 15.7. The highest BCUT2D eigenvalue weighted by atomic mass is 127. The van der Waals surface area contributed by atoms with Gasteiger partial charge in [0, 0.05) is 38.7 Å². The summed E-state index contributed by atoms with van der Waals surface area (Å²) in [5.74, 6) is 0. The molecule has 128 valence electrons. The predicted molar refractivity (Wildman–Crippen MR) is 103 cm³/mol. The van der Waals surface area contributed by atoms with Crippen molar-refractivity contribution >= 4 is 40.0 Å². The summed E-state index contributed by atoms with van der Waals surface area (Å²) in [6, 6.07) is 9.13. The van der Waals surface area contributed by atoms with Crippen LogP contribution < -0.4 is 10.4 Å². The number of aromatic nitrogens is 4. The number of hydrogen-bond donors (Lipinski definition) is 1. The second kappa shape index (κ2) is 6.65. The Morgan fingerprint density at radius 3 is 2.50 bits per heavy atom. The molecule has 7 heteroatoms. The van der Waals surface area contributed by atoms with Crippen molar-refractivity contribution in [1.29, 1.82) is 0 Å². The molecule has 1 aromatic carbocycles. The van der Waals surface area contributed by atoms with Gasteiger partial charge in [-0.1, -0.05) is 12.1 Å². The summed E-state index contributed by atoms with van der Waals surface area (Å²) in [5, 5.41) is 13.3. The van der Waals surface area contributed by atoms with Crippen LogP contribution in [0.15, 0.2) is 55.4 Å². The molecule has 1 atom stereocenters. The predicted octanol–water partition coefficient (Wildman–Crippen LogP) is 0.711. The van der Waals surface area contributed by atoms with Crippen LogP contribution in [0.2, 0.25) is 0 Å². The normalized spacial score (nSPS) is 19.2. The highest BCUT2D eigenvalue weighted by Gasteiger charge is 2.40. The van der Waals surface area contributed by atoms with E-state index in [1.807, 2.05) is 18.2 Å². The Morgan fingerprint density at radius 1 is 1.08 bits per heavy atom. The lowest BCUT2D eigenvalue weighted by molar-refractivity contribution is -0.103. The topological polar surface area (TPSA) is 88.9 Å². The first-order chi connectivity index (χ1) is 12.6. The maximum Gasteiger partial charge on any atom is 0.146 e. The largest absolute Gasteiger partial charge is 0.378 e. The van der Waals surface area contributed by atoms with Crippen LogP contribution in [-0.2, 0) is 10.4 Å². The number of aliphatic hydroxyl groups is 1. The van der Waals surface area contributed by atoms with Gasteiger partial charge in [-0.2, -0.15) is 0 Å². The van der Waals surface area contributed by atoms with Gasteiger partial charge in [0.2, 0.25) is 0 Å². The van der Waals surface area contributed by atoms with Crippen molar-refractivity contribution in [2.75, 3.05) is 0 Å². The summed E-state index contributed by atoms with van der Waals surface area (Å²) in [6.07, 6.45) is 6.94. The minimum Gasteiger partial charge on any atom is -0.378 e. The summed E-state index contributed by atoms with van der Waals surface area (Å²) >= 11 is 2.20. The molecule has 1 aliphatic carbocycles. The van der Waals surface area contributed by atoms with Crippen molar-refractivity contribution in [1.82, 2.24) is 19.9 Å². The average Bonchev–Trinajstić information content (AvgIpc) is 2.69. The van der Waals surface area contributed by atoms with Crippen LogP contribution in [0.1, 0.15) is 17.8 Å². The molecule has 0 saturated heterocycles. The molecule has 2 heterocycles. The van der Waals surface area contributed by atoms with Crippen LogP contribution in [0.25, 0.3) is 11.1 Å². The van der Waals surface area contributed by atoms with Gasteiger partial charge in [0.15, 0.2) is 0 Å². The molecule has 1 N–H and O–H groups in total. The summed E-state index contributed by atoms with van der Waals surface area (Å²) in [7, 11) is 0. The number of carbonyl (C=O) groups excluding carboxylic acids is 1. The zero-order valence-electron chi connectivity index (χ0n) is 13.5. The van der Waals surface area contributed by atoms with Gasteiger partial charge in [0.1, 0.15) is 24.5 Å². The molecule has 26 heavy (non-hydrogen) atoms. The van der Waals surface area contributed by atoms with Crippen molar-refractivity contribution in [3.63, 3.8) is 0 Å². The molecular weight excluding hydrogens is 443 g/mol. The number of rotatable bonds is 3. The number of benzene rings is 1. The second-order valence-electron chi connectivity index (χ2n) is 5.91. The lowest BCUT2D eigenvalue weighted by atomic mass is 9.77. The first kappa shape index (κ1) is 16.9. The van der Waals surface area contributed by atoms with Crippen molar-refractivity contribution in [3.8, 4) is 0 Å². The van der Waals surface area contributed by atoms with Gasteiger partial charge in [-0.15, -0.1) is 0 Å². The van der Waals surface area contributed by atoms with E-state index < -0.39 is 5.60 Å². The summed E-state index contributed by atoms with van der Waals surface area (Å²) in [6.45, 7) is 0. The number of carbonyl (C=O) groups is 1. The van der Waals surface area contributed by atoms with E-state index >= 15 is 0 Å². The van der Waals surface area contributed by atoms with Gasteiger partial charge in [0.05, 0.1) is 11.4 Å². The molecule has 0 saturated carbocycles. The number of halogens is 1. The number of aldehydes is 1. The Labute approximate surface area is 162 Å². The molecule has 1 aliphatic rings. The van der Waals surface area contributed by atoms with Crippen LogP contribution in [0.3, 0.4) is 0 Å². The van der Waals surface area contributed by atoms with Gasteiger partial charge in [-0.25, -0.2) is 19.9 Å². The highest BCUT2D eigenvalue weighted by Crippen LogP contribution is 2.38. The van der Waals surface area contributed by atoms with E-state index in [1.165, 1.54) is 12.7 Å². The van der Waals surface area contributed by atoms with Crippen LogP contribution >= 0.6 is 22.6 Å². The van der Waals surface area contributed by atoms with Gasteiger partial charge in [0.25, 0.3) is 0 Å². The van der Waals surface area contributed by atoms with Gasteiger partial charge in [-0.05, 0) is 46.0 Å². The Hall–Kier alpha value is -2.52. The van der Waals surface area contributed by atoms with Crippen molar-refractivity contribution < 1.29 is 9.90 Å². The minimum absolute atomic E-state index is 0.111. The fourth-order valence-electron chi connectivity index (χ4n) is 3.38. The molecule has 0 radical (unpaired) electrons. The molecule has 4 rings (SSSR count). The van der Waals surface area contributed by atoms with E-state index in [4.69, 9.17) is 0 Å². The zero-order chi connectivity index (χ0) is 18.1. The Balaban J connectivity index is 2.19. The molecule has 0 amide bonds. The van der Waals surface area contributed by atoms with E-state index in [0.717, 1.165) is 20.3 Å². The van der Waals surface area contributed by atoms with E-state index in [-0.39, 0.29) is 6.42 Å². The highest BCUT2D eigenvalue weighted by molar-refractivity contribution is 14.1. The van der Waals surface area contributed by atoms with E-state index in [1.54, 1.807) is 24.5 Å². The Kier molecular flexibility index (Phi) is 4.33. The van der Waals surface area contributed by atoms with Crippen molar-refractivity contribution in [2.24, 2.45) is 0 Å². The second-order valence-corrected chi connectivity index (χ2v) is 7.07. The van der Waals surface area contributed by atoms with Crippen LogP contribution in [-0.4, -0.2) is 31.3 Å². The summed E-state index contributed by atoms with van der Waals surface area (Å²) in [5.41, 5.74) is 0.659. The monoisotopic (exact) mass is 456 g/mol. The summed E-state index contributed by atoms with van der Waals surface area (Å²) in [4.78, 5) is 28.3. The van der Waals surface area contributed by atoms with Gasteiger partial charge >= 0.3 is 0 Å². The van der Waals surface area contributed by atoms with Gasteiger partial charge < -0.3 is 5.11 Å². The lowest BCUT2D eigenvalue weighted by Gasteiger charge is -2.33. The van der Waals surface area contributed by atoms with Crippen molar-refractivity contribution in [2.45, 2.75) is 12.0 Å². The molecule has 0 bridgehead atoms. The Morgan fingerprint density at radius 2 is 1.85 bits per heavy atom. The standard InChI is InChI=1S/C19H13IN4O2/c20-14-3-1-2-13-17(14)12(9-25)8-19(26,16-5-7-22-11-24-16)18(13)15-4-6-21-10-23-15/h1-7,9-11,26H,8H2. The SMILES string of the molecule is O=CC1=c2c(I)cccc2=C(c2ccncn2)C(O)(c2ccncn2)C1. The molecule has 3 aromatic rings. The van der Waals surface area contributed by atoms with E-state index in [2.05, 4.69) is 42.5 Å². The summed E-state index contributed by atoms with van der Waals surface area (Å²) < 4.78 is 0.943. The van der Waals surface area contributed by atoms with Crippen LogP contribution in [0.5, 0.6) is 0 Å². The average molecular weight is 456 g/mol. The quantitative estimate of drug-likeness (QED) is 0.462. The smallest absolute Gasteiger partial charge is 0.146 e. The number of nitrogens with zero attached hydrogens (tertiary/aromatic N) is 4. The molecule has 0 fully saturated rings. The first-order valence-corrected chi connectivity index (χ1v) is 8.96. The van der Waals surface area contributed by atoms with E-state index in [9.17, 15) is 9.90 Å². The fourth-order valence-corrected chi connectivity index (χ4v) is 4.22. The van der Waals surface area contributed by atoms with Crippen molar-refractivity contribution in [3.05, 3.63) is 80.8 Å². The number of fused-ring (bicyclic) bond motifs is 1. The molecular formula is C19H13IN4O2. The molecule has 1 unspecified atom stereocenters. The van der Waals surface area contributed by atoms with Gasteiger partial charge in [-0.3, -0.25) is 4.79 Å². The fraction of sp³-hybridized carbons (Fsp3) is 0.105. The molecule has 0 spiro atoms. The first-order valence-electron chi connectivity index (χ1n) is 7.88.